The van der Waals surface area contributed by atoms with E-state index in [4.69, 9.17) is 12.2 Å². The van der Waals surface area contributed by atoms with Gasteiger partial charge in [0.1, 0.15) is 12.4 Å². The van der Waals surface area contributed by atoms with E-state index in [-0.39, 0.29) is 5.82 Å². The molecule has 2 N–H and O–H groups in total. The number of hydrogen-bond donors (Lipinski definition) is 2. The van der Waals surface area contributed by atoms with E-state index in [1.807, 2.05) is 0 Å². The largest absolute Gasteiger partial charge is 0.338 e. The van der Waals surface area contributed by atoms with Gasteiger partial charge in [0.15, 0.2) is 5.11 Å². The van der Waals surface area contributed by atoms with Gasteiger partial charge >= 0.3 is 0 Å². The third kappa shape index (κ3) is 4.30. The molecule has 0 amide bonds. The fourth-order valence-electron chi connectivity index (χ4n) is 3.07. The highest BCUT2D eigenvalue weighted by atomic mass is 32.1. The Balaban J connectivity index is 1.51. The Bertz CT molecular complexity index is 711. The normalized spacial score (nSPS) is 15.3. The molecule has 0 aromatic heterocycles. The van der Waals surface area contributed by atoms with Crippen molar-refractivity contribution in [2.75, 3.05) is 31.5 Å². The van der Waals surface area contributed by atoms with Crippen LogP contribution >= 0.6 is 12.2 Å². The van der Waals surface area contributed by atoms with E-state index in [0.717, 1.165) is 32.7 Å². The molecule has 2 aromatic rings. The lowest BCUT2D eigenvalue weighted by Gasteiger charge is -2.34. The van der Waals surface area contributed by atoms with E-state index in [9.17, 15) is 4.39 Å². The van der Waals surface area contributed by atoms with E-state index in [2.05, 4.69) is 41.4 Å². The molecule has 0 bridgehead atoms. The fourth-order valence-corrected chi connectivity index (χ4v) is 3.36. The van der Waals surface area contributed by atoms with E-state index in [1.54, 1.807) is 23.1 Å². The zero-order valence-electron chi connectivity index (χ0n) is 13.9. The zero-order valence-corrected chi connectivity index (χ0v) is 14.7. The first-order valence-electron chi connectivity index (χ1n) is 8.31. The van der Waals surface area contributed by atoms with E-state index in [1.165, 1.54) is 17.2 Å². The van der Waals surface area contributed by atoms with Crippen LogP contribution in [-0.4, -0.2) is 36.2 Å². The van der Waals surface area contributed by atoms with Crippen molar-refractivity contribution in [1.82, 2.24) is 4.90 Å². The summed E-state index contributed by atoms with van der Waals surface area (Å²) < 4.78 is 13.7. The molecule has 0 spiro atoms. The van der Waals surface area contributed by atoms with Crippen molar-refractivity contribution in [1.29, 1.82) is 0 Å². The maximum atomic E-state index is 13.7. The maximum absolute atomic E-state index is 13.7. The van der Waals surface area contributed by atoms with Crippen LogP contribution in [-0.2, 0) is 6.54 Å². The molecule has 1 aliphatic rings. The van der Waals surface area contributed by atoms with Gasteiger partial charge in [-0.2, -0.15) is 0 Å². The first-order chi connectivity index (χ1) is 11.6. The van der Waals surface area contributed by atoms with Crippen LogP contribution in [0.2, 0.25) is 0 Å². The number of nitrogens with one attached hydrogen (secondary N) is 2. The number of rotatable bonds is 3. The van der Waals surface area contributed by atoms with Crippen LogP contribution in [0.3, 0.4) is 0 Å². The molecule has 24 heavy (non-hydrogen) atoms. The summed E-state index contributed by atoms with van der Waals surface area (Å²) in [4.78, 5) is 3.69. The Morgan fingerprint density at radius 3 is 2.62 bits per heavy atom. The maximum Gasteiger partial charge on any atom is 0.173 e. The van der Waals surface area contributed by atoms with Crippen LogP contribution in [0.1, 0.15) is 11.1 Å². The Hall–Kier alpha value is -1.98. The molecule has 5 heteroatoms. The minimum Gasteiger partial charge on any atom is -0.338 e. The molecule has 1 heterocycles. The second kappa shape index (κ2) is 7.73. The van der Waals surface area contributed by atoms with Crippen molar-refractivity contribution in [2.45, 2.75) is 13.5 Å². The number of halogens is 1. The number of nitrogens with zero attached hydrogens (tertiary/aromatic N) is 1. The van der Waals surface area contributed by atoms with Crippen LogP contribution < -0.4 is 10.2 Å². The summed E-state index contributed by atoms with van der Waals surface area (Å²) in [5.41, 5.74) is 3.13. The van der Waals surface area contributed by atoms with E-state index < -0.39 is 0 Å². The molecular formula is C19H23FN3S+. The molecule has 0 atom stereocenters. The van der Waals surface area contributed by atoms with Gasteiger partial charge in [0.05, 0.1) is 31.9 Å². The Kier molecular flexibility index (Phi) is 5.43. The van der Waals surface area contributed by atoms with Crippen molar-refractivity contribution in [3.05, 3.63) is 65.5 Å². The first kappa shape index (κ1) is 16.9. The van der Waals surface area contributed by atoms with E-state index >= 15 is 0 Å². The summed E-state index contributed by atoms with van der Waals surface area (Å²) in [5, 5.41) is 3.63. The van der Waals surface area contributed by atoms with Gasteiger partial charge in [0.25, 0.3) is 0 Å². The molecule has 126 valence electrons. The lowest BCUT2D eigenvalue weighted by atomic mass is 10.1. The molecular weight excluding hydrogens is 321 g/mol. The number of anilines is 1. The summed E-state index contributed by atoms with van der Waals surface area (Å²) in [5.74, 6) is -0.274. The predicted octanol–water partition coefficient (Wildman–Crippen LogP) is 2.23. The average Bonchev–Trinajstić information content (AvgIpc) is 2.57. The third-order valence-electron chi connectivity index (χ3n) is 4.41. The third-order valence-corrected chi connectivity index (χ3v) is 4.77. The lowest BCUT2D eigenvalue weighted by molar-refractivity contribution is -0.917. The van der Waals surface area contributed by atoms with Gasteiger partial charge in [0.2, 0.25) is 0 Å². The van der Waals surface area contributed by atoms with Gasteiger partial charge in [-0.05, 0) is 31.3 Å². The number of benzene rings is 2. The Morgan fingerprint density at radius 1 is 1.17 bits per heavy atom. The van der Waals surface area contributed by atoms with Crippen LogP contribution in [0, 0.1) is 12.7 Å². The lowest BCUT2D eigenvalue weighted by Crippen LogP contribution is -3.13. The van der Waals surface area contributed by atoms with Crippen molar-refractivity contribution < 1.29 is 9.29 Å². The number of piperazine rings is 1. The molecule has 0 unspecified atom stereocenters. The summed E-state index contributed by atoms with van der Waals surface area (Å²) >= 11 is 5.44. The number of quaternary nitrogens is 1. The van der Waals surface area contributed by atoms with Crippen LogP contribution in [0.4, 0.5) is 10.1 Å². The van der Waals surface area contributed by atoms with Crippen molar-refractivity contribution in [3.8, 4) is 0 Å². The van der Waals surface area contributed by atoms with Gasteiger partial charge in [0, 0.05) is 5.56 Å². The summed E-state index contributed by atoms with van der Waals surface area (Å²) in [6.45, 7) is 7.02. The molecule has 3 rings (SSSR count). The summed E-state index contributed by atoms with van der Waals surface area (Å²) in [6, 6.07) is 15.3. The van der Waals surface area contributed by atoms with Gasteiger partial charge in [-0.3, -0.25) is 0 Å². The number of hydrogen-bond acceptors (Lipinski definition) is 1. The van der Waals surface area contributed by atoms with Crippen molar-refractivity contribution in [3.63, 3.8) is 0 Å². The van der Waals surface area contributed by atoms with Gasteiger partial charge in [-0.25, -0.2) is 4.39 Å². The van der Waals surface area contributed by atoms with Crippen LogP contribution in [0.15, 0.2) is 48.5 Å². The molecule has 0 aliphatic carbocycles. The minimum atomic E-state index is -0.274. The molecule has 1 saturated heterocycles. The molecule has 1 aliphatic heterocycles. The summed E-state index contributed by atoms with van der Waals surface area (Å²) in [6.07, 6.45) is 0. The van der Waals surface area contributed by atoms with Crippen LogP contribution in [0.25, 0.3) is 0 Å². The van der Waals surface area contributed by atoms with E-state index in [0.29, 0.717) is 10.8 Å². The summed E-state index contributed by atoms with van der Waals surface area (Å²) in [7, 11) is 0. The standard InChI is InChI=1S/C19H22FN3S/c1-15-5-4-6-16(13-15)14-22-9-11-23(12-10-22)19(24)21-18-8-3-2-7-17(18)20/h2-8,13H,9-12,14H2,1H3,(H,21,24)/p+1. The van der Waals surface area contributed by atoms with Crippen molar-refractivity contribution >= 4 is 23.0 Å². The number of aryl methyl sites for hydroxylation is 1. The monoisotopic (exact) mass is 344 g/mol. The molecule has 0 saturated carbocycles. The zero-order chi connectivity index (χ0) is 16.9. The fraction of sp³-hybridized carbons (Fsp3) is 0.316. The number of thiocarbonyl (C=S) groups is 1. The quantitative estimate of drug-likeness (QED) is 0.833. The average molecular weight is 344 g/mol. The second-order valence-electron chi connectivity index (χ2n) is 6.31. The SMILES string of the molecule is Cc1cccc(C[NH+]2CCN(C(=S)Nc3ccccc3F)CC2)c1. The topological polar surface area (TPSA) is 19.7 Å². The number of para-hydroxylation sites is 1. The Labute approximate surface area is 148 Å². The predicted molar refractivity (Wildman–Crippen MR) is 99.8 cm³/mol. The highest BCUT2D eigenvalue weighted by Gasteiger charge is 2.22. The highest BCUT2D eigenvalue weighted by molar-refractivity contribution is 7.80. The highest BCUT2D eigenvalue weighted by Crippen LogP contribution is 2.13. The Morgan fingerprint density at radius 2 is 1.92 bits per heavy atom. The second-order valence-corrected chi connectivity index (χ2v) is 6.70. The molecule has 0 radical (unpaired) electrons. The van der Waals surface area contributed by atoms with Gasteiger partial charge < -0.3 is 15.1 Å². The van der Waals surface area contributed by atoms with Gasteiger partial charge in [-0.15, -0.1) is 0 Å². The van der Waals surface area contributed by atoms with Crippen LogP contribution in [0.5, 0.6) is 0 Å². The molecule has 2 aromatic carbocycles. The van der Waals surface area contributed by atoms with Gasteiger partial charge in [-0.1, -0.05) is 42.0 Å². The smallest absolute Gasteiger partial charge is 0.173 e. The molecule has 3 nitrogen and oxygen atoms in total. The van der Waals surface area contributed by atoms with Crippen molar-refractivity contribution in [2.24, 2.45) is 0 Å². The minimum absolute atomic E-state index is 0.274. The molecule has 1 fully saturated rings. The first-order valence-corrected chi connectivity index (χ1v) is 8.72.